The van der Waals surface area contributed by atoms with Gasteiger partial charge in [-0.05, 0) is 6.92 Å². The average Bonchev–Trinajstić information content (AvgIpc) is 2.64. The molecular formula is C10H10BrCl3STi. The Kier molecular flexibility index (Phi) is 6.28. The van der Waals surface area contributed by atoms with E-state index in [1.807, 2.05) is 11.3 Å². The predicted molar refractivity (Wildman–Crippen MR) is 76.0 cm³/mol. The van der Waals surface area contributed by atoms with Gasteiger partial charge in [0.05, 0.1) is 0 Å². The molecule has 0 unspecified atom stereocenters. The summed E-state index contributed by atoms with van der Waals surface area (Å²) in [6.45, 7) is 6.60. The molecule has 2 rings (SSSR count). The van der Waals surface area contributed by atoms with E-state index in [9.17, 15) is 0 Å². The van der Waals surface area contributed by atoms with Gasteiger partial charge >= 0.3 is 42.6 Å². The van der Waals surface area contributed by atoms with Gasteiger partial charge < -0.3 is 0 Å². The van der Waals surface area contributed by atoms with E-state index in [0.717, 1.165) is 0 Å². The summed E-state index contributed by atoms with van der Waals surface area (Å²) in [6, 6.07) is 0. The van der Waals surface area contributed by atoms with E-state index in [1.54, 1.807) is 0 Å². The van der Waals surface area contributed by atoms with Crippen molar-refractivity contribution in [2.24, 2.45) is 0 Å². The number of halogens is 4. The molecule has 0 radical (unpaired) electrons. The Morgan fingerprint density at radius 2 is 1.56 bits per heavy atom. The van der Waals surface area contributed by atoms with Crippen LogP contribution < -0.4 is 0 Å². The van der Waals surface area contributed by atoms with Gasteiger partial charge in [-0.25, -0.2) is 0 Å². The second-order valence-electron chi connectivity index (χ2n) is 3.38. The Bertz CT molecular complexity index is 447. The third kappa shape index (κ3) is 3.44. The molecule has 0 aromatic carbocycles. The molecule has 0 nitrogen and oxygen atoms in total. The van der Waals surface area contributed by atoms with Crippen molar-refractivity contribution in [1.29, 1.82) is 0 Å². The molecular weight excluding hydrogens is 386 g/mol. The van der Waals surface area contributed by atoms with Gasteiger partial charge in [0.1, 0.15) is 0 Å². The fourth-order valence-electron chi connectivity index (χ4n) is 1.60. The van der Waals surface area contributed by atoms with Crippen LogP contribution >= 0.6 is 55.2 Å². The molecule has 0 fully saturated rings. The minimum atomic E-state index is -1.92. The summed E-state index contributed by atoms with van der Waals surface area (Å²) in [5, 5.41) is 2.17. The summed E-state index contributed by atoms with van der Waals surface area (Å²) >= 11 is 3.49. The molecule has 1 aliphatic carbocycles. The van der Waals surface area contributed by atoms with Crippen LogP contribution in [0, 0.1) is 20.8 Å². The van der Waals surface area contributed by atoms with E-state index in [-0.39, 0.29) is 0 Å². The van der Waals surface area contributed by atoms with Crippen LogP contribution in [0.3, 0.4) is 0 Å². The van der Waals surface area contributed by atoms with E-state index in [2.05, 4.69) is 42.1 Å². The molecule has 1 aliphatic heterocycles. The molecule has 0 saturated heterocycles. The van der Waals surface area contributed by atoms with E-state index in [1.165, 1.54) is 31.6 Å². The van der Waals surface area contributed by atoms with Gasteiger partial charge in [0.15, 0.2) is 0 Å². The zero-order chi connectivity index (χ0) is 12.5. The normalized spacial score (nSPS) is 10.2. The number of hydrogen-bond acceptors (Lipinski definition) is 1. The zero-order valence-electron chi connectivity index (χ0n) is 9.00. The van der Waals surface area contributed by atoms with Crippen LogP contribution in [0.5, 0.6) is 0 Å². The first-order valence-electron chi connectivity index (χ1n) is 4.48. The molecule has 16 heavy (non-hydrogen) atoms. The van der Waals surface area contributed by atoms with Crippen molar-refractivity contribution < 1.29 is 14.7 Å². The van der Waals surface area contributed by atoms with Crippen molar-refractivity contribution in [3.63, 3.8) is 0 Å². The van der Waals surface area contributed by atoms with Gasteiger partial charge in [-0.3, -0.25) is 11.3 Å². The molecule has 88 valence electrons. The van der Waals surface area contributed by atoms with Gasteiger partial charge in [0.25, 0.3) is 0 Å². The fourth-order valence-corrected chi connectivity index (χ4v) is 3.56. The summed E-state index contributed by atoms with van der Waals surface area (Å²) in [7, 11) is 14.9. The maximum atomic E-state index is 4.97. The summed E-state index contributed by atoms with van der Waals surface area (Å²) < 4.78 is 1.25. The van der Waals surface area contributed by atoms with Crippen LogP contribution in [0.4, 0.5) is 0 Å². The second kappa shape index (κ2) is 6.51. The molecule has 2 aliphatic rings. The third-order valence-corrected chi connectivity index (χ3v) is 4.61. The number of fused-ring (bicyclic) bond motifs is 1. The molecule has 1 heterocycles. The summed E-state index contributed by atoms with van der Waals surface area (Å²) in [6.07, 6.45) is 0. The fraction of sp³-hybridized carbons (Fsp3) is 0.300. The Morgan fingerprint density at radius 1 is 1.06 bits per heavy atom. The molecule has 0 amide bonds. The third-order valence-electron chi connectivity index (χ3n) is 2.59. The molecule has 0 bridgehead atoms. The number of hydrogen-bond donors (Lipinski definition) is 0. The topological polar surface area (TPSA) is 0 Å². The number of rotatable bonds is 0. The van der Waals surface area contributed by atoms with E-state index in [0.29, 0.717) is 0 Å². The van der Waals surface area contributed by atoms with Crippen LogP contribution in [-0.4, -0.2) is 0 Å². The van der Waals surface area contributed by atoms with Crippen LogP contribution in [0.1, 0.15) is 16.7 Å². The average molecular weight is 396 g/mol. The Balaban J connectivity index is 0.000000280. The minimum absolute atomic E-state index is 1.25. The van der Waals surface area contributed by atoms with Crippen molar-refractivity contribution in [2.45, 2.75) is 20.8 Å². The molecule has 0 N–H and O–H groups in total. The van der Waals surface area contributed by atoms with E-state index in [4.69, 9.17) is 27.9 Å². The van der Waals surface area contributed by atoms with Gasteiger partial charge in [-0.2, -0.15) is 0 Å². The first kappa shape index (κ1) is 15.4. The Labute approximate surface area is 126 Å². The van der Waals surface area contributed by atoms with Crippen LogP contribution in [0.15, 0.2) is 9.85 Å². The Hall–Kier alpha value is 1.37. The van der Waals surface area contributed by atoms with Crippen LogP contribution in [0.25, 0.3) is 10.4 Å². The summed E-state index contributed by atoms with van der Waals surface area (Å²) in [5.41, 5.74) is 5.72. The molecule has 0 atom stereocenters. The molecule has 6 heteroatoms. The van der Waals surface area contributed by atoms with E-state index >= 15 is 0 Å². The maximum absolute atomic E-state index is 4.97. The van der Waals surface area contributed by atoms with Crippen LogP contribution in [0.2, 0.25) is 0 Å². The molecule has 0 saturated carbocycles. The second-order valence-corrected chi connectivity index (χ2v) is 12.8. The number of thiophene rings is 1. The first-order chi connectivity index (χ1) is 7.36. The van der Waals surface area contributed by atoms with Crippen molar-refractivity contribution in [2.75, 3.05) is 0 Å². The van der Waals surface area contributed by atoms with E-state index < -0.39 is 14.7 Å². The SMILES string of the molecule is Cc1c2s[cH-]c(Br)c-2c(C)c1C.[Cl][Ti+]([Cl])[Cl]. The van der Waals surface area contributed by atoms with Gasteiger partial charge in [-0.1, -0.05) is 45.4 Å². The molecule has 0 spiro atoms. The van der Waals surface area contributed by atoms with Gasteiger partial charge in [0.2, 0.25) is 0 Å². The zero-order valence-corrected chi connectivity index (χ0v) is 15.2. The predicted octanol–water partition coefficient (Wildman–Crippen LogP) is 6.33. The standard InChI is InChI=1S/C10H10BrS.3ClH.Ti/c1-5-6(2)9-8(11)4-12-10(9)7(5)3;;;;/h4H,1-3H3;3*1H;/q-1;;;;+4/p-3. The van der Waals surface area contributed by atoms with Crippen LogP contribution in [-0.2, 0) is 14.7 Å². The van der Waals surface area contributed by atoms with Gasteiger partial charge in [-0.15, -0.1) is 21.4 Å². The Morgan fingerprint density at radius 3 is 2.00 bits per heavy atom. The summed E-state index contributed by atoms with van der Waals surface area (Å²) in [4.78, 5) is 1.44. The first-order valence-corrected chi connectivity index (χ1v) is 12.6. The van der Waals surface area contributed by atoms with Crippen molar-refractivity contribution in [3.8, 4) is 10.4 Å². The molecule has 0 aromatic rings. The van der Waals surface area contributed by atoms with Crippen molar-refractivity contribution >= 4 is 55.2 Å². The van der Waals surface area contributed by atoms with Crippen molar-refractivity contribution in [1.82, 2.24) is 0 Å². The van der Waals surface area contributed by atoms with Gasteiger partial charge in [0, 0.05) is 0 Å². The molecule has 0 aromatic heterocycles. The quantitative estimate of drug-likeness (QED) is 0.361. The monoisotopic (exact) mass is 394 g/mol. The van der Waals surface area contributed by atoms with Crippen molar-refractivity contribution in [3.05, 3.63) is 26.5 Å². The summed E-state index contributed by atoms with van der Waals surface area (Å²) in [5.74, 6) is 0.